The quantitative estimate of drug-likeness (QED) is 0.521. The Balaban J connectivity index is 2.07. The van der Waals surface area contributed by atoms with Gasteiger partial charge in [-0.2, -0.15) is 0 Å². The lowest BCUT2D eigenvalue weighted by Gasteiger charge is -2.42. The van der Waals surface area contributed by atoms with E-state index in [1.54, 1.807) is 5.01 Å². The van der Waals surface area contributed by atoms with E-state index in [-0.39, 0.29) is 18.0 Å². The molecule has 2 aromatic carbocycles. The van der Waals surface area contributed by atoms with Gasteiger partial charge in [0.1, 0.15) is 0 Å². The summed E-state index contributed by atoms with van der Waals surface area (Å²) in [5, 5.41) is 17.8. The van der Waals surface area contributed by atoms with Crippen molar-refractivity contribution in [2.24, 2.45) is 16.4 Å². The molecule has 1 heterocycles. The molecule has 1 aliphatic heterocycles. The summed E-state index contributed by atoms with van der Waals surface area (Å²) in [6, 6.07) is 19.0. The number of hydrogen-bond acceptors (Lipinski definition) is 4. The van der Waals surface area contributed by atoms with Crippen LogP contribution < -0.4 is 0 Å². The summed E-state index contributed by atoms with van der Waals surface area (Å²) in [6.07, 6.45) is 0.483. The minimum atomic E-state index is -0.251. The number of rotatable bonds is 3. The number of oxime groups is 1. The summed E-state index contributed by atoms with van der Waals surface area (Å²) < 4.78 is 0. The zero-order valence-electron chi connectivity index (χ0n) is 12.9. The molecule has 0 spiro atoms. The van der Waals surface area contributed by atoms with Gasteiger partial charge in [0, 0.05) is 12.3 Å². The van der Waals surface area contributed by atoms with Crippen LogP contribution in [-0.2, 0) is 0 Å². The third kappa shape index (κ3) is 2.82. The Morgan fingerprint density at radius 1 is 1.00 bits per heavy atom. The Morgan fingerprint density at radius 3 is 2.09 bits per heavy atom. The van der Waals surface area contributed by atoms with Crippen molar-refractivity contribution >= 4 is 5.71 Å². The summed E-state index contributed by atoms with van der Waals surface area (Å²) in [7, 11) is 0. The van der Waals surface area contributed by atoms with Gasteiger partial charge in [-0.1, -0.05) is 72.7 Å². The first-order valence-electron chi connectivity index (χ1n) is 7.68. The molecular weight excluding hydrogens is 290 g/mol. The molecule has 1 aliphatic rings. The molecule has 5 nitrogen and oxygen atoms in total. The minimum absolute atomic E-state index is 0.0972. The second-order valence-electron chi connectivity index (χ2n) is 5.83. The number of piperidine rings is 1. The third-order valence-corrected chi connectivity index (χ3v) is 4.55. The molecule has 1 N–H and O–H groups in total. The highest BCUT2D eigenvalue weighted by molar-refractivity contribution is 5.88. The maximum atomic E-state index is 11.6. The van der Waals surface area contributed by atoms with Crippen molar-refractivity contribution in [1.29, 1.82) is 0 Å². The highest BCUT2D eigenvalue weighted by Crippen LogP contribution is 2.43. The molecule has 5 heteroatoms. The van der Waals surface area contributed by atoms with E-state index in [0.29, 0.717) is 12.1 Å². The van der Waals surface area contributed by atoms with Crippen LogP contribution in [0.5, 0.6) is 0 Å². The SMILES string of the molecule is C[C@@H]1/C(=N/O)C[C@@H](c2ccccc2)N(N=O)[C@H]1c1ccccc1. The van der Waals surface area contributed by atoms with Gasteiger partial charge in [0.25, 0.3) is 0 Å². The van der Waals surface area contributed by atoms with Gasteiger partial charge in [-0.05, 0) is 11.1 Å². The van der Waals surface area contributed by atoms with Crippen molar-refractivity contribution in [3.8, 4) is 0 Å². The first kappa shape index (κ1) is 15.2. The number of hydrogen-bond donors (Lipinski definition) is 1. The van der Waals surface area contributed by atoms with Crippen molar-refractivity contribution in [3.05, 3.63) is 76.7 Å². The van der Waals surface area contributed by atoms with Gasteiger partial charge >= 0.3 is 0 Å². The van der Waals surface area contributed by atoms with E-state index in [0.717, 1.165) is 11.1 Å². The molecule has 0 saturated carbocycles. The molecule has 0 radical (unpaired) electrons. The van der Waals surface area contributed by atoms with Crippen LogP contribution in [0.2, 0.25) is 0 Å². The molecule has 1 saturated heterocycles. The average Bonchev–Trinajstić information content (AvgIpc) is 2.62. The number of benzene rings is 2. The molecule has 3 rings (SSSR count). The maximum absolute atomic E-state index is 11.6. The van der Waals surface area contributed by atoms with E-state index in [1.165, 1.54) is 0 Å². The van der Waals surface area contributed by atoms with E-state index < -0.39 is 0 Å². The maximum Gasteiger partial charge on any atom is 0.0838 e. The predicted octanol–water partition coefficient (Wildman–Crippen LogP) is 4.32. The fraction of sp³-hybridized carbons (Fsp3) is 0.278. The molecule has 0 unspecified atom stereocenters. The summed E-state index contributed by atoms with van der Waals surface area (Å²) in [4.78, 5) is 11.6. The molecule has 2 aromatic rings. The Bertz CT molecular complexity index is 688. The minimum Gasteiger partial charge on any atom is -0.411 e. The fourth-order valence-corrected chi connectivity index (χ4v) is 3.36. The van der Waals surface area contributed by atoms with Gasteiger partial charge in [0.2, 0.25) is 0 Å². The van der Waals surface area contributed by atoms with Gasteiger partial charge in [0.15, 0.2) is 0 Å². The standard InChI is InChI=1S/C18H19N3O2/c1-13-16(19-22)12-17(14-8-4-2-5-9-14)21(20-23)18(13)15-10-6-3-7-11-15/h2-11,13,17-18,22H,12H2,1H3/b19-16+/t13-,17+,18-/m1/s1. The van der Waals surface area contributed by atoms with Crippen LogP contribution in [0.15, 0.2) is 71.1 Å². The largest absolute Gasteiger partial charge is 0.411 e. The average molecular weight is 309 g/mol. The zero-order valence-corrected chi connectivity index (χ0v) is 12.9. The van der Waals surface area contributed by atoms with Crippen LogP contribution >= 0.6 is 0 Å². The van der Waals surface area contributed by atoms with Gasteiger partial charge < -0.3 is 5.21 Å². The summed E-state index contributed by atoms with van der Waals surface area (Å²) in [6.45, 7) is 1.96. The normalized spacial score (nSPS) is 26.2. The van der Waals surface area contributed by atoms with Crippen molar-refractivity contribution in [2.75, 3.05) is 0 Å². The van der Waals surface area contributed by atoms with Crippen LogP contribution in [0.1, 0.15) is 36.6 Å². The molecule has 3 atom stereocenters. The van der Waals surface area contributed by atoms with Crippen LogP contribution in [0.4, 0.5) is 0 Å². The Labute approximate surface area is 135 Å². The molecule has 118 valence electrons. The lowest BCUT2D eigenvalue weighted by Crippen LogP contribution is -2.41. The monoisotopic (exact) mass is 309 g/mol. The Morgan fingerprint density at radius 2 is 1.57 bits per heavy atom. The van der Waals surface area contributed by atoms with Gasteiger partial charge in [-0.3, -0.25) is 0 Å². The Hall–Kier alpha value is -2.69. The zero-order chi connectivity index (χ0) is 16.2. The summed E-state index contributed by atoms with van der Waals surface area (Å²) >= 11 is 0. The van der Waals surface area contributed by atoms with Gasteiger partial charge in [0.05, 0.1) is 23.1 Å². The van der Waals surface area contributed by atoms with E-state index in [1.807, 2.05) is 67.6 Å². The van der Waals surface area contributed by atoms with Gasteiger partial charge in [-0.25, -0.2) is 5.01 Å². The highest BCUT2D eigenvalue weighted by atomic mass is 16.4. The van der Waals surface area contributed by atoms with E-state index in [4.69, 9.17) is 0 Å². The number of nitroso groups, excluding NO2 is 1. The summed E-state index contributed by atoms with van der Waals surface area (Å²) in [5.41, 5.74) is 2.66. The second kappa shape index (κ2) is 6.60. The molecule has 0 bridgehead atoms. The smallest absolute Gasteiger partial charge is 0.0838 e. The lowest BCUT2D eigenvalue weighted by molar-refractivity contribution is 0.0955. The molecular formula is C18H19N3O2. The summed E-state index contributed by atoms with van der Waals surface area (Å²) in [5.74, 6) is -0.0972. The van der Waals surface area contributed by atoms with Crippen LogP contribution in [-0.4, -0.2) is 15.9 Å². The molecule has 0 aromatic heterocycles. The first-order chi connectivity index (χ1) is 11.3. The van der Waals surface area contributed by atoms with Gasteiger partial charge in [-0.15, -0.1) is 4.91 Å². The number of nitrogens with zero attached hydrogens (tertiary/aromatic N) is 3. The lowest BCUT2D eigenvalue weighted by atomic mass is 9.81. The topological polar surface area (TPSA) is 65.3 Å². The van der Waals surface area contributed by atoms with E-state index >= 15 is 0 Å². The molecule has 1 fully saturated rings. The van der Waals surface area contributed by atoms with Crippen LogP contribution in [0, 0.1) is 10.8 Å². The van der Waals surface area contributed by atoms with E-state index in [2.05, 4.69) is 10.4 Å². The highest BCUT2D eigenvalue weighted by Gasteiger charge is 2.41. The third-order valence-electron chi connectivity index (χ3n) is 4.55. The molecule has 0 amide bonds. The van der Waals surface area contributed by atoms with Crippen molar-refractivity contribution in [3.63, 3.8) is 0 Å². The van der Waals surface area contributed by atoms with E-state index in [9.17, 15) is 10.1 Å². The van der Waals surface area contributed by atoms with Crippen LogP contribution in [0.25, 0.3) is 0 Å². The molecule has 0 aliphatic carbocycles. The predicted molar refractivity (Wildman–Crippen MR) is 89.0 cm³/mol. The van der Waals surface area contributed by atoms with Crippen molar-refractivity contribution in [2.45, 2.75) is 25.4 Å². The van der Waals surface area contributed by atoms with Crippen molar-refractivity contribution in [1.82, 2.24) is 5.01 Å². The first-order valence-corrected chi connectivity index (χ1v) is 7.68. The molecule has 23 heavy (non-hydrogen) atoms. The second-order valence-corrected chi connectivity index (χ2v) is 5.83. The van der Waals surface area contributed by atoms with Crippen LogP contribution in [0.3, 0.4) is 0 Å². The fourth-order valence-electron chi connectivity index (χ4n) is 3.36. The Kier molecular flexibility index (Phi) is 4.37. The van der Waals surface area contributed by atoms with Crippen molar-refractivity contribution < 1.29 is 5.21 Å².